The molecule has 1 aromatic heterocycles. The molecule has 3 atom stereocenters. The molecular weight excluding hydrogens is 274 g/mol. The van der Waals surface area contributed by atoms with Gasteiger partial charge in [0.05, 0.1) is 0 Å². The van der Waals surface area contributed by atoms with Gasteiger partial charge >= 0.3 is 0 Å². The van der Waals surface area contributed by atoms with E-state index in [1.54, 1.807) is 0 Å². The fourth-order valence-corrected chi connectivity index (χ4v) is 5.28. The number of aromatic amines is 1. The number of aromatic nitrogens is 2. The lowest BCUT2D eigenvalue weighted by atomic mass is 9.73. The molecule has 0 spiro atoms. The van der Waals surface area contributed by atoms with Crippen molar-refractivity contribution in [2.24, 2.45) is 23.2 Å². The molecule has 22 heavy (non-hydrogen) atoms. The molecule has 1 aromatic rings. The minimum absolute atomic E-state index is 0.0425. The van der Waals surface area contributed by atoms with Gasteiger partial charge in [0, 0.05) is 30.4 Å². The molecule has 1 amide bonds. The van der Waals surface area contributed by atoms with Crippen LogP contribution in [0.4, 0.5) is 0 Å². The Kier molecular flexibility index (Phi) is 3.50. The number of amides is 1. The third-order valence-electron chi connectivity index (χ3n) is 6.61. The number of carbonyl (C=O) groups excluding carboxylic acids is 1. The van der Waals surface area contributed by atoms with E-state index in [4.69, 9.17) is 0 Å². The van der Waals surface area contributed by atoms with Gasteiger partial charge in [-0.2, -0.15) is 5.10 Å². The van der Waals surface area contributed by atoms with E-state index in [1.807, 2.05) is 6.20 Å². The van der Waals surface area contributed by atoms with Crippen LogP contribution in [0.5, 0.6) is 0 Å². The summed E-state index contributed by atoms with van der Waals surface area (Å²) in [6, 6.07) is 2.06. The molecule has 2 aliphatic carbocycles. The first kappa shape index (κ1) is 14.3. The summed E-state index contributed by atoms with van der Waals surface area (Å²) in [4.78, 5) is 15.2. The smallest absolute Gasteiger partial charge is 0.228 e. The van der Waals surface area contributed by atoms with Crippen molar-refractivity contribution < 1.29 is 4.79 Å². The third-order valence-corrected chi connectivity index (χ3v) is 6.61. The number of H-pyrrole nitrogens is 1. The first-order valence-electron chi connectivity index (χ1n) is 8.93. The maximum Gasteiger partial charge on any atom is 0.228 e. The van der Waals surface area contributed by atoms with Crippen LogP contribution in [-0.4, -0.2) is 34.1 Å². The van der Waals surface area contributed by atoms with Crippen molar-refractivity contribution in [1.82, 2.24) is 15.1 Å². The number of piperidine rings is 1. The predicted octanol–water partition coefficient (Wildman–Crippen LogP) is 3.02. The number of nitrogens with zero attached hydrogens (tertiary/aromatic N) is 2. The lowest BCUT2D eigenvalue weighted by Crippen LogP contribution is -2.48. The fourth-order valence-electron chi connectivity index (χ4n) is 5.28. The van der Waals surface area contributed by atoms with Gasteiger partial charge in [0.1, 0.15) is 0 Å². The Hall–Kier alpha value is -1.32. The molecule has 4 heteroatoms. The highest BCUT2D eigenvalue weighted by Gasteiger charge is 2.53. The average molecular weight is 301 g/mol. The monoisotopic (exact) mass is 301 g/mol. The zero-order chi connectivity index (χ0) is 15.2. The van der Waals surface area contributed by atoms with E-state index in [-0.39, 0.29) is 5.41 Å². The second-order valence-corrected chi connectivity index (χ2v) is 8.02. The third kappa shape index (κ3) is 2.37. The zero-order valence-electron chi connectivity index (χ0n) is 13.6. The Morgan fingerprint density at radius 3 is 2.77 bits per heavy atom. The fraction of sp³-hybridized carbons (Fsp3) is 0.778. The molecule has 120 valence electrons. The van der Waals surface area contributed by atoms with Crippen LogP contribution in [0.3, 0.4) is 0 Å². The molecule has 4 nitrogen and oxygen atoms in total. The summed E-state index contributed by atoms with van der Waals surface area (Å²) in [5.74, 6) is 2.64. The summed E-state index contributed by atoms with van der Waals surface area (Å²) >= 11 is 0. The first-order chi connectivity index (χ1) is 10.6. The van der Waals surface area contributed by atoms with Crippen molar-refractivity contribution >= 4 is 5.91 Å². The Bertz CT molecular complexity index is 533. The Morgan fingerprint density at radius 2 is 2.18 bits per heavy atom. The van der Waals surface area contributed by atoms with Crippen LogP contribution in [0.2, 0.25) is 0 Å². The SMILES string of the molecule is CC1(C(=O)N2CCC(Cc3ccn[nH]3)CC2)CC2CCC1C2. The number of hydrogen-bond donors (Lipinski definition) is 1. The number of fused-ring (bicyclic) bond motifs is 2. The number of carbonyl (C=O) groups is 1. The van der Waals surface area contributed by atoms with Gasteiger partial charge in [-0.15, -0.1) is 0 Å². The van der Waals surface area contributed by atoms with Crippen molar-refractivity contribution in [3.05, 3.63) is 18.0 Å². The summed E-state index contributed by atoms with van der Waals surface area (Å²) in [7, 11) is 0. The lowest BCUT2D eigenvalue weighted by molar-refractivity contribution is -0.145. The second-order valence-electron chi connectivity index (χ2n) is 8.02. The standard InChI is InChI=1S/C18H27N3O/c1-18(12-14-2-3-15(18)10-14)17(22)21-8-5-13(6-9-21)11-16-4-7-19-20-16/h4,7,13-15H,2-3,5-6,8-12H2,1H3,(H,19,20). The summed E-state index contributed by atoms with van der Waals surface area (Å²) in [5, 5.41) is 7.08. The van der Waals surface area contributed by atoms with Crippen molar-refractivity contribution in [2.75, 3.05) is 13.1 Å². The maximum absolute atomic E-state index is 13.0. The molecule has 3 fully saturated rings. The van der Waals surface area contributed by atoms with Gasteiger partial charge in [-0.3, -0.25) is 9.89 Å². The van der Waals surface area contributed by atoms with Crippen LogP contribution in [0, 0.1) is 23.2 Å². The largest absolute Gasteiger partial charge is 0.342 e. The van der Waals surface area contributed by atoms with Crippen molar-refractivity contribution in [1.29, 1.82) is 0 Å². The first-order valence-corrected chi connectivity index (χ1v) is 8.93. The highest BCUT2D eigenvalue weighted by molar-refractivity contribution is 5.83. The molecule has 2 bridgehead atoms. The topological polar surface area (TPSA) is 49.0 Å². The van der Waals surface area contributed by atoms with Gasteiger partial charge in [-0.25, -0.2) is 0 Å². The van der Waals surface area contributed by atoms with E-state index in [0.29, 0.717) is 17.7 Å². The van der Waals surface area contributed by atoms with Crippen LogP contribution >= 0.6 is 0 Å². The van der Waals surface area contributed by atoms with Gasteiger partial charge in [-0.05, 0) is 62.3 Å². The van der Waals surface area contributed by atoms with Crippen LogP contribution in [0.1, 0.15) is 51.1 Å². The molecule has 3 aliphatic rings. The van der Waals surface area contributed by atoms with E-state index in [9.17, 15) is 4.79 Å². The molecule has 1 N–H and O–H groups in total. The summed E-state index contributed by atoms with van der Waals surface area (Å²) in [6.07, 6.45) is 10.3. The van der Waals surface area contributed by atoms with Gasteiger partial charge in [0.25, 0.3) is 0 Å². The Balaban J connectivity index is 1.34. The second kappa shape index (κ2) is 5.39. The van der Waals surface area contributed by atoms with E-state index in [1.165, 1.54) is 25.0 Å². The van der Waals surface area contributed by atoms with Gasteiger partial charge in [-0.1, -0.05) is 13.3 Å². The van der Waals surface area contributed by atoms with Crippen molar-refractivity contribution in [2.45, 2.75) is 51.9 Å². The molecule has 0 radical (unpaired) electrons. The number of hydrogen-bond acceptors (Lipinski definition) is 2. The summed E-state index contributed by atoms with van der Waals surface area (Å²) < 4.78 is 0. The molecule has 2 heterocycles. The molecule has 3 unspecified atom stereocenters. The normalized spacial score (nSPS) is 35.2. The summed E-state index contributed by atoms with van der Waals surface area (Å²) in [6.45, 7) is 4.14. The highest BCUT2D eigenvalue weighted by atomic mass is 16.2. The minimum atomic E-state index is -0.0425. The van der Waals surface area contributed by atoms with Gasteiger partial charge in [0.2, 0.25) is 5.91 Å². The Morgan fingerprint density at radius 1 is 1.36 bits per heavy atom. The predicted molar refractivity (Wildman–Crippen MR) is 85.2 cm³/mol. The summed E-state index contributed by atoms with van der Waals surface area (Å²) in [5.41, 5.74) is 1.18. The zero-order valence-corrected chi connectivity index (χ0v) is 13.6. The minimum Gasteiger partial charge on any atom is -0.342 e. The van der Waals surface area contributed by atoms with Crippen LogP contribution in [0.25, 0.3) is 0 Å². The van der Waals surface area contributed by atoms with Gasteiger partial charge < -0.3 is 4.90 Å². The lowest BCUT2D eigenvalue weighted by Gasteiger charge is -2.40. The van der Waals surface area contributed by atoms with Gasteiger partial charge in [0.15, 0.2) is 0 Å². The van der Waals surface area contributed by atoms with E-state index in [2.05, 4.69) is 28.1 Å². The number of likely N-dealkylation sites (tertiary alicyclic amines) is 1. The van der Waals surface area contributed by atoms with E-state index >= 15 is 0 Å². The van der Waals surface area contributed by atoms with E-state index in [0.717, 1.165) is 44.7 Å². The van der Waals surface area contributed by atoms with Crippen LogP contribution < -0.4 is 0 Å². The molecule has 1 saturated heterocycles. The van der Waals surface area contributed by atoms with Crippen LogP contribution in [-0.2, 0) is 11.2 Å². The van der Waals surface area contributed by atoms with Crippen LogP contribution in [0.15, 0.2) is 12.3 Å². The van der Waals surface area contributed by atoms with E-state index < -0.39 is 0 Å². The van der Waals surface area contributed by atoms with Crippen molar-refractivity contribution in [3.8, 4) is 0 Å². The highest BCUT2D eigenvalue weighted by Crippen LogP contribution is 2.56. The number of nitrogens with one attached hydrogen (secondary N) is 1. The Labute approximate surface area is 132 Å². The molecule has 1 aliphatic heterocycles. The molecule has 0 aromatic carbocycles. The maximum atomic E-state index is 13.0. The average Bonchev–Trinajstić information content (AvgIpc) is 3.24. The number of rotatable bonds is 3. The molecule has 4 rings (SSSR count). The molecular formula is C18H27N3O. The quantitative estimate of drug-likeness (QED) is 0.933. The van der Waals surface area contributed by atoms with Crippen molar-refractivity contribution in [3.63, 3.8) is 0 Å². The molecule has 2 saturated carbocycles.